The number of imidazole rings is 1. The normalized spacial score (nSPS) is 16.2. The molecular formula is C12H12N2O2. The van der Waals surface area contributed by atoms with Crippen LogP contribution in [0.2, 0.25) is 0 Å². The maximum atomic E-state index is 10.8. The Morgan fingerprint density at radius 3 is 2.81 bits per heavy atom. The van der Waals surface area contributed by atoms with Gasteiger partial charge < -0.3 is 9.51 Å². The Bertz CT molecular complexity index is 555. The lowest BCUT2D eigenvalue weighted by molar-refractivity contribution is 0.0696. The summed E-state index contributed by atoms with van der Waals surface area (Å²) in [4.78, 5) is 15.3. The van der Waals surface area contributed by atoms with E-state index in [1.807, 2.05) is 6.20 Å². The molecule has 2 aromatic rings. The second-order valence-electron chi connectivity index (χ2n) is 4.28. The quantitative estimate of drug-likeness (QED) is 0.838. The van der Waals surface area contributed by atoms with Crippen molar-refractivity contribution >= 4 is 11.6 Å². The number of hydrogen-bond donors (Lipinski definition) is 1. The first-order valence-corrected chi connectivity index (χ1v) is 5.46. The third-order valence-corrected chi connectivity index (χ3v) is 3.24. The fraction of sp³-hybridized carbons (Fsp3) is 0.333. The predicted molar refractivity (Wildman–Crippen MR) is 58.7 cm³/mol. The van der Waals surface area contributed by atoms with Crippen LogP contribution in [0.15, 0.2) is 24.5 Å². The number of rotatable bonds is 2. The van der Waals surface area contributed by atoms with E-state index in [1.165, 1.54) is 19.3 Å². The van der Waals surface area contributed by atoms with Crippen molar-refractivity contribution in [3.8, 4) is 0 Å². The number of aromatic carboxylic acids is 1. The Balaban J connectivity index is 2.06. The smallest absolute Gasteiger partial charge is 0.337 e. The molecule has 3 rings (SSSR count). The highest BCUT2D eigenvalue weighted by Gasteiger charge is 2.22. The third kappa shape index (κ3) is 1.38. The number of aromatic nitrogens is 2. The molecule has 82 valence electrons. The Kier molecular flexibility index (Phi) is 1.96. The molecule has 0 amide bonds. The zero-order valence-electron chi connectivity index (χ0n) is 8.76. The van der Waals surface area contributed by atoms with Gasteiger partial charge in [0.05, 0.1) is 11.3 Å². The number of pyridine rings is 1. The summed E-state index contributed by atoms with van der Waals surface area (Å²) >= 11 is 0. The first-order valence-electron chi connectivity index (χ1n) is 5.46. The van der Waals surface area contributed by atoms with E-state index in [1.54, 1.807) is 22.7 Å². The minimum absolute atomic E-state index is 0.296. The SMILES string of the molecule is O=C(O)c1ccc2nc(C3CCC3)cn2c1. The van der Waals surface area contributed by atoms with Crippen LogP contribution in [0.1, 0.15) is 41.2 Å². The number of hydrogen-bond acceptors (Lipinski definition) is 2. The second kappa shape index (κ2) is 3.33. The molecule has 1 aliphatic carbocycles. The van der Waals surface area contributed by atoms with Crippen molar-refractivity contribution < 1.29 is 9.90 Å². The molecule has 1 aliphatic rings. The van der Waals surface area contributed by atoms with Gasteiger partial charge in [0.25, 0.3) is 0 Å². The fourth-order valence-electron chi connectivity index (χ4n) is 2.04. The molecular weight excluding hydrogens is 204 g/mol. The summed E-state index contributed by atoms with van der Waals surface area (Å²) in [6.45, 7) is 0. The van der Waals surface area contributed by atoms with E-state index in [9.17, 15) is 4.79 Å². The Hall–Kier alpha value is -1.84. The summed E-state index contributed by atoms with van der Waals surface area (Å²) in [5, 5.41) is 8.88. The van der Waals surface area contributed by atoms with E-state index in [-0.39, 0.29) is 0 Å². The van der Waals surface area contributed by atoms with Crippen molar-refractivity contribution in [3.05, 3.63) is 35.8 Å². The Morgan fingerprint density at radius 1 is 1.38 bits per heavy atom. The topological polar surface area (TPSA) is 54.6 Å². The maximum absolute atomic E-state index is 10.8. The standard InChI is InChI=1S/C12H12N2O2/c15-12(16)9-4-5-11-13-10(7-14(11)6-9)8-2-1-3-8/h4-8H,1-3H2,(H,15,16). The number of carboxylic acid groups (broad SMARTS) is 1. The van der Waals surface area contributed by atoms with Crippen LogP contribution in [0.25, 0.3) is 5.65 Å². The lowest BCUT2D eigenvalue weighted by Crippen LogP contribution is -2.08. The van der Waals surface area contributed by atoms with Crippen LogP contribution < -0.4 is 0 Å². The van der Waals surface area contributed by atoms with E-state index in [0.717, 1.165) is 11.3 Å². The van der Waals surface area contributed by atoms with Gasteiger partial charge >= 0.3 is 5.97 Å². The molecule has 2 aromatic heterocycles. The molecule has 0 spiro atoms. The van der Waals surface area contributed by atoms with Crippen molar-refractivity contribution in [1.29, 1.82) is 0 Å². The molecule has 1 saturated carbocycles. The van der Waals surface area contributed by atoms with Crippen molar-refractivity contribution in [3.63, 3.8) is 0 Å². The largest absolute Gasteiger partial charge is 0.478 e. The van der Waals surface area contributed by atoms with Gasteiger partial charge in [0.15, 0.2) is 0 Å². The molecule has 4 nitrogen and oxygen atoms in total. The molecule has 2 heterocycles. The van der Waals surface area contributed by atoms with Crippen LogP contribution in [-0.2, 0) is 0 Å². The van der Waals surface area contributed by atoms with Gasteiger partial charge in [0, 0.05) is 18.3 Å². The summed E-state index contributed by atoms with van der Waals surface area (Å²) in [5.74, 6) is -0.325. The Labute approximate surface area is 92.5 Å². The van der Waals surface area contributed by atoms with Crippen LogP contribution in [-0.4, -0.2) is 20.5 Å². The summed E-state index contributed by atoms with van der Waals surface area (Å²) in [6.07, 6.45) is 7.25. The molecule has 0 aromatic carbocycles. The van der Waals surface area contributed by atoms with Gasteiger partial charge in [0.2, 0.25) is 0 Å². The van der Waals surface area contributed by atoms with Crippen LogP contribution >= 0.6 is 0 Å². The molecule has 0 unspecified atom stereocenters. The van der Waals surface area contributed by atoms with Crippen molar-refractivity contribution in [2.75, 3.05) is 0 Å². The first kappa shape index (κ1) is 9.39. The molecule has 1 N–H and O–H groups in total. The van der Waals surface area contributed by atoms with Gasteiger partial charge in [-0.05, 0) is 25.0 Å². The van der Waals surface area contributed by atoms with Gasteiger partial charge in [-0.25, -0.2) is 9.78 Å². The predicted octanol–water partition coefficient (Wildman–Crippen LogP) is 2.30. The van der Waals surface area contributed by atoms with Crippen LogP contribution in [0.5, 0.6) is 0 Å². The van der Waals surface area contributed by atoms with Gasteiger partial charge in [0.1, 0.15) is 5.65 Å². The van der Waals surface area contributed by atoms with E-state index in [0.29, 0.717) is 11.5 Å². The lowest BCUT2D eigenvalue weighted by atomic mass is 9.83. The van der Waals surface area contributed by atoms with Crippen LogP contribution in [0.4, 0.5) is 0 Å². The van der Waals surface area contributed by atoms with E-state index in [4.69, 9.17) is 5.11 Å². The molecule has 0 radical (unpaired) electrons. The van der Waals surface area contributed by atoms with Gasteiger partial charge in [-0.3, -0.25) is 0 Å². The summed E-state index contributed by atoms with van der Waals surface area (Å²) < 4.78 is 1.80. The zero-order valence-corrected chi connectivity index (χ0v) is 8.76. The monoisotopic (exact) mass is 216 g/mol. The minimum Gasteiger partial charge on any atom is -0.478 e. The van der Waals surface area contributed by atoms with Crippen molar-refractivity contribution in [2.24, 2.45) is 0 Å². The zero-order chi connectivity index (χ0) is 11.1. The molecule has 16 heavy (non-hydrogen) atoms. The molecule has 1 fully saturated rings. The van der Waals surface area contributed by atoms with E-state index < -0.39 is 5.97 Å². The molecule has 0 saturated heterocycles. The molecule has 0 atom stereocenters. The minimum atomic E-state index is -0.902. The third-order valence-electron chi connectivity index (χ3n) is 3.24. The maximum Gasteiger partial charge on any atom is 0.337 e. The van der Waals surface area contributed by atoms with Gasteiger partial charge in [-0.1, -0.05) is 6.42 Å². The van der Waals surface area contributed by atoms with Crippen LogP contribution in [0, 0.1) is 0 Å². The second-order valence-corrected chi connectivity index (χ2v) is 4.28. The highest BCUT2D eigenvalue weighted by Crippen LogP contribution is 2.35. The Morgan fingerprint density at radius 2 is 2.19 bits per heavy atom. The van der Waals surface area contributed by atoms with Crippen LogP contribution in [0.3, 0.4) is 0 Å². The first-order chi connectivity index (χ1) is 7.74. The average molecular weight is 216 g/mol. The molecule has 4 heteroatoms. The van der Waals surface area contributed by atoms with E-state index in [2.05, 4.69) is 4.98 Å². The van der Waals surface area contributed by atoms with Crippen molar-refractivity contribution in [2.45, 2.75) is 25.2 Å². The molecule has 0 aliphatic heterocycles. The van der Waals surface area contributed by atoms with Crippen molar-refractivity contribution in [1.82, 2.24) is 9.38 Å². The number of carbonyl (C=O) groups is 1. The van der Waals surface area contributed by atoms with Gasteiger partial charge in [-0.2, -0.15) is 0 Å². The summed E-state index contributed by atoms with van der Waals surface area (Å²) in [5.41, 5.74) is 2.21. The average Bonchev–Trinajstić information content (AvgIpc) is 2.56. The highest BCUT2D eigenvalue weighted by molar-refractivity contribution is 5.87. The number of nitrogens with zero attached hydrogens (tertiary/aromatic N) is 2. The summed E-state index contributed by atoms with van der Waals surface area (Å²) in [6, 6.07) is 3.35. The molecule has 0 bridgehead atoms. The van der Waals surface area contributed by atoms with Gasteiger partial charge in [-0.15, -0.1) is 0 Å². The number of fused-ring (bicyclic) bond motifs is 1. The lowest BCUT2D eigenvalue weighted by Gasteiger charge is -2.22. The number of carboxylic acids is 1. The van der Waals surface area contributed by atoms with E-state index >= 15 is 0 Å². The highest BCUT2D eigenvalue weighted by atomic mass is 16.4. The summed E-state index contributed by atoms with van der Waals surface area (Å²) in [7, 11) is 0. The fourth-order valence-corrected chi connectivity index (χ4v) is 2.04.